The average Bonchev–Trinajstić information content (AvgIpc) is 3.07. The van der Waals surface area contributed by atoms with Crippen molar-refractivity contribution in [3.63, 3.8) is 0 Å². The smallest absolute Gasteiger partial charge is 0.109 e. The maximum absolute atomic E-state index is 10.8. The second-order valence-corrected chi connectivity index (χ2v) is 8.17. The van der Waals surface area contributed by atoms with Gasteiger partial charge in [-0.1, -0.05) is 91.0 Å². The lowest BCUT2D eigenvalue weighted by Crippen LogP contribution is -2.34. The van der Waals surface area contributed by atoms with Crippen molar-refractivity contribution < 1.29 is 24.4 Å². The number of benzene rings is 3. The van der Waals surface area contributed by atoms with Gasteiger partial charge in [0, 0.05) is 5.92 Å². The van der Waals surface area contributed by atoms with Crippen molar-refractivity contribution in [3.8, 4) is 0 Å². The Bertz CT molecular complexity index is 863. The summed E-state index contributed by atoms with van der Waals surface area (Å²) >= 11 is 0. The number of aliphatic hydroxyl groups excluding tert-OH is 2. The fourth-order valence-corrected chi connectivity index (χ4v) is 4.14. The number of aliphatic hydroxyl groups is 2. The SMILES string of the molecule is O[C@@H]1[C@H](O)[C@@H](OCc2ccccc2)C(COCc2ccccc2)[C@H]1OCc1ccccc1. The van der Waals surface area contributed by atoms with Gasteiger partial charge < -0.3 is 24.4 Å². The van der Waals surface area contributed by atoms with E-state index in [-0.39, 0.29) is 5.92 Å². The molecule has 3 aromatic carbocycles. The van der Waals surface area contributed by atoms with E-state index in [0.717, 1.165) is 16.7 Å². The molecule has 0 radical (unpaired) electrons. The number of ether oxygens (including phenoxy) is 3. The molecule has 32 heavy (non-hydrogen) atoms. The van der Waals surface area contributed by atoms with E-state index in [2.05, 4.69) is 0 Å². The van der Waals surface area contributed by atoms with E-state index in [1.54, 1.807) is 0 Å². The molecule has 2 N–H and O–H groups in total. The minimum atomic E-state index is -1.05. The molecule has 5 nitrogen and oxygen atoms in total. The van der Waals surface area contributed by atoms with Crippen LogP contribution in [0.1, 0.15) is 16.7 Å². The summed E-state index contributed by atoms with van der Waals surface area (Å²) in [5.41, 5.74) is 3.08. The fraction of sp³-hybridized carbons (Fsp3) is 0.333. The van der Waals surface area contributed by atoms with Gasteiger partial charge in [-0.3, -0.25) is 0 Å². The third-order valence-corrected chi connectivity index (χ3v) is 5.86. The van der Waals surface area contributed by atoms with Gasteiger partial charge in [0.05, 0.1) is 38.6 Å². The standard InChI is InChI=1S/C27H30O5/c28-24-25(29)27(32-18-22-14-8-3-9-15-22)23(19-30-16-20-10-4-1-5-11-20)26(24)31-17-21-12-6-2-7-13-21/h1-15,23-29H,16-19H2/t23?,24-,25+,26-,27+. The molecule has 5 atom stereocenters. The van der Waals surface area contributed by atoms with Crippen LogP contribution < -0.4 is 0 Å². The van der Waals surface area contributed by atoms with E-state index in [4.69, 9.17) is 14.2 Å². The molecule has 0 aromatic heterocycles. The molecular formula is C27H30O5. The van der Waals surface area contributed by atoms with Gasteiger partial charge in [0.25, 0.3) is 0 Å². The van der Waals surface area contributed by atoms with Crippen molar-refractivity contribution in [2.75, 3.05) is 6.61 Å². The van der Waals surface area contributed by atoms with Gasteiger partial charge in [-0.05, 0) is 16.7 Å². The van der Waals surface area contributed by atoms with Gasteiger partial charge in [-0.15, -0.1) is 0 Å². The Morgan fingerprint density at radius 2 is 0.906 bits per heavy atom. The van der Waals surface area contributed by atoms with E-state index in [1.807, 2.05) is 91.0 Å². The summed E-state index contributed by atoms with van der Waals surface area (Å²) in [5, 5.41) is 21.6. The average molecular weight is 435 g/mol. The Balaban J connectivity index is 1.44. The van der Waals surface area contributed by atoms with Crippen molar-refractivity contribution in [3.05, 3.63) is 108 Å². The van der Waals surface area contributed by atoms with Gasteiger partial charge in [0.1, 0.15) is 12.2 Å². The molecule has 4 rings (SSSR count). The van der Waals surface area contributed by atoms with Crippen molar-refractivity contribution in [1.29, 1.82) is 0 Å². The zero-order valence-electron chi connectivity index (χ0n) is 18.0. The molecule has 0 amide bonds. The van der Waals surface area contributed by atoms with Gasteiger partial charge in [0.15, 0.2) is 0 Å². The molecule has 0 heterocycles. The summed E-state index contributed by atoms with van der Waals surface area (Å²) in [6.45, 7) is 1.44. The van der Waals surface area contributed by atoms with Crippen LogP contribution in [0.15, 0.2) is 91.0 Å². The van der Waals surface area contributed by atoms with Crippen molar-refractivity contribution in [2.45, 2.75) is 44.2 Å². The quantitative estimate of drug-likeness (QED) is 0.509. The summed E-state index contributed by atoms with van der Waals surface area (Å²) in [6, 6.07) is 29.5. The van der Waals surface area contributed by atoms with E-state index >= 15 is 0 Å². The molecule has 0 spiro atoms. The van der Waals surface area contributed by atoms with Crippen molar-refractivity contribution in [2.24, 2.45) is 5.92 Å². The summed E-state index contributed by atoms with van der Waals surface area (Å²) in [5.74, 6) is -0.309. The molecule has 1 aliphatic rings. The first-order valence-electron chi connectivity index (χ1n) is 11.0. The van der Waals surface area contributed by atoms with Gasteiger partial charge in [0.2, 0.25) is 0 Å². The first kappa shape index (κ1) is 22.6. The second kappa shape index (κ2) is 11.4. The summed E-state index contributed by atoms with van der Waals surface area (Å²) in [4.78, 5) is 0. The van der Waals surface area contributed by atoms with Gasteiger partial charge in [-0.25, -0.2) is 0 Å². The summed E-state index contributed by atoms with van der Waals surface area (Å²) in [7, 11) is 0. The van der Waals surface area contributed by atoms with Crippen LogP contribution in [-0.2, 0) is 34.0 Å². The number of hydrogen-bond donors (Lipinski definition) is 2. The topological polar surface area (TPSA) is 68.2 Å². The monoisotopic (exact) mass is 434 g/mol. The Morgan fingerprint density at radius 3 is 1.31 bits per heavy atom. The molecule has 0 bridgehead atoms. The van der Waals surface area contributed by atoms with Crippen LogP contribution in [0.3, 0.4) is 0 Å². The zero-order chi connectivity index (χ0) is 22.2. The minimum absolute atomic E-state index is 0.307. The van der Waals surface area contributed by atoms with E-state index < -0.39 is 24.4 Å². The van der Waals surface area contributed by atoms with E-state index in [0.29, 0.717) is 26.4 Å². The third-order valence-electron chi connectivity index (χ3n) is 5.86. The maximum Gasteiger partial charge on any atom is 0.109 e. The van der Waals surface area contributed by atoms with Gasteiger partial charge in [-0.2, -0.15) is 0 Å². The largest absolute Gasteiger partial charge is 0.388 e. The molecular weight excluding hydrogens is 404 g/mol. The Hall–Kier alpha value is -2.54. The van der Waals surface area contributed by atoms with Crippen LogP contribution in [0.2, 0.25) is 0 Å². The van der Waals surface area contributed by atoms with Crippen LogP contribution in [0.25, 0.3) is 0 Å². The normalized spacial score (nSPS) is 25.1. The molecule has 0 saturated heterocycles. The van der Waals surface area contributed by atoms with Crippen LogP contribution in [0, 0.1) is 5.92 Å². The lowest BCUT2D eigenvalue weighted by molar-refractivity contribution is -0.0875. The predicted molar refractivity (Wildman–Crippen MR) is 122 cm³/mol. The number of rotatable bonds is 10. The molecule has 1 unspecified atom stereocenters. The Morgan fingerprint density at radius 1 is 0.531 bits per heavy atom. The van der Waals surface area contributed by atoms with Crippen molar-refractivity contribution >= 4 is 0 Å². The highest BCUT2D eigenvalue weighted by Crippen LogP contribution is 2.34. The van der Waals surface area contributed by atoms with E-state index in [9.17, 15) is 10.2 Å². The predicted octanol–water partition coefficient (Wildman–Crippen LogP) is 3.73. The molecule has 1 fully saturated rings. The van der Waals surface area contributed by atoms with Crippen LogP contribution >= 0.6 is 0 Å². The van der Waals surface area contributed by atoms with E-state index in [1.165, 1.54) is 0 Å². The summed E-state index contributed by atoms with van der Waals surface area (Å²) in [6.07, 6.45) is -3.29. The molecule has 0 aliphatic heterocycles. The fourth-order valence-electron chi connectivity index (χ4n) is 4.14. The molecule has 168 valence electrons. The Labute approximate surface area is 189 Å². The lowest BCUT2D eigenvalue weighted by Gasteiger charge is -2.26. The van der Waals surface area contributed by atoms with Crippen LogP contribution in [-0.4, -0.2) is 41.2 Å². The third kappa shape index (κ3) is 5.82. The summed E-state index contributed by atoms with van der Waals surface area (Å²) < 4.78 is 18.2. The van der Waals surface area contributed by atoms with Gasteiger partial charge >= 0.3 is 0 Å². The number of hydrogen-bond acceptors (Lipinski definition) is 5. The zero-order valence-corrected chi connectivity index (χ0v) is 18.0. The first-order valence-corrected chi connectivity index (χ1v) is 11.0. The van der Waals surface area contributed by atoms with Crippen LogP contribution in [0.4, 0.5) is 0 Å². The van der Waals surface area contributed by atoms with Crippen LogP contribution in [0.5, 0.6) is 0 Å². The molecule has 1 saturated carbocycles. The molecule has 3 aromatic rings. The lowest BCUT2D eigenvalue weighted by atomic mass is 10.0. The second-order valence-electron chi connectivity index (χ2n) is 8.17. The van der Waals surface area contributed by atoms with Crippen molar-refractivity contribution in [1.82, 2.24) is 0 Å². The highest BCUT2D eigenvalue weighted by atomic mass is 16.5. The first-order chi connectivity index (χ1) is 15.7. The Kier molecular flexibility index (Phi) is 8.04. The highest BCUT2D eigenvalue weighted by Gasteiger charge is 2.51. The minimum Gasteiger partial charge on any atom is -0.388 e. The molecule has 1 aliphatic carbocycles. The maximum atomic E-state index is 10.8. The highest BCUT2D eigenvalue weighted by molar-refractivity contribution is 5.15. The molecule has 5 heteroatoms.